The smallest absolute Gasteiger partial charge is 0.0283 e. The van der Waals surface area contributed by atoms with Crippen molar-refractivity contribution in [3.05, 3.63) is 36.0 Å². The summed E-state index contributed by atoms with van der Waals surface area (Å²) in [6, 6.07) is 0. The van der Waals surface area contributed by atoms with Crippen LogP contribution in [0.25, 0.3) is 0 Å². The molecule has 0 nitrogen and oxygen atoms in total. The van der Waals surface area contributed by atoms with E-state index >= 15 is 0 Å². The highest BCUT2D eigenvalue weighted by Gasteiger charge is 2.14. The van der Waals surface area contributed by atoms with Crippen LogP contribution in [0.4, 0.5) is 0 Å². The fourth-order valence-corrected chi connectivity index (χ4v) is 2.65. The molecule has 0 heteroatoms. The molecule has 0 saturated carbocycles. The summed E-state index contributed by atoms with van der Waals surface area (Å²) in [7, 11) is 0. The topological polar surface area (TPSA) is 0 Å². The van der Waals surface area contributed by atoms with Crippen molar-refractivity contribution in [2.24, 2.45) is 5.92 Å². The molecule has 0 N–H and O–H groups in total. The van der Waals surface area contributed by atoms with Crippen LogP contribution in [0.1, 0.15) is 71.6 Å². The molecule has 0 fully saturated rings. The zero-order chi connectivity index (χ0) is 13.4. The summed E-state index contributed by atoms with van der Waals surface area (Å²) in [6.45, 7) is 12.6. The molecule has 0 radical (unpaired) electrons. The molecule has 0 spiro atoms. The van der Waals surface area contributed by atoms with Crippen molar-refractivity contribution in [1.29, 1.82) is 0 Å². The zero-order valence-electron chi connectivity index (χ0n) is 12.4. The fourth-order valence-electron chi connectivity index (χ4n) is 2.65. The molecule has 1 unspecified atom stereocenters. The van der Waals surface area contributed by atoms with E-state index in [2.05, 4.69) is 33.1 Å². The summed E-state index contributed by atoms with van der Waals surface area (Å²) in [6.07, 6.45) is 13.9. The molecule has 0 heterocycles. The van der Waals surface area contributed by atoms with Crippen molar-refractivity contribution in [3.8, 4) is 0 Å². The van der Waals surface area contributed by atoms with E-state index in [1.807, 2.05) is 0 Å². The maximum Gasteiger partial charge on any atom is -0.0283 e. The highest BCUT2D eigenvalue weighted by atomic mass is 14.2. The van der Waals surface area contributed by atoms with Gasteiger partial charge in [0.1, 0.15) is 0 Å². The average Bonchev–Trinajstić information content (AvgIpc) is 2.80. The first-order valence-corrected chi connectivity index (χ1v) is 7.60. The van der Waals surface area contributed by atoms with E-state index in [1.165, 1.54) is 68.9 Å². The van der Waals surface area contributed by atoms with Gasteiger partial charge in [-0.3, -0.25) is 0 Å². The number of hydrogen-bond donors (Lipinski definition) is 0. The van der Waals surface area contributed by atoms with Crippen molar-refractivity contribution in [1.82, 2.24) is 0 Å². The van der Waals surface area contributed by atoms with Crippen molar-refractivity contribution in [3.63, 3.8) is 0 Å². The Morgan fingerprint density at radius 1 is 1.22 bits per heavy atom. The van der Waals surface area contributed by atoms with Gasteiger partial charge < -0.3 is 0 Å². The summed E-state index contributed by atoms with van der Waals surface area (Å²) in [5, 5.41) is 0. The second-order valence-electron chi connectivity index (χ2n) is 5.99. The highest BCUT2D eigenvalue weighted by molar-refractivity contribution is 5.12. The van der Waals surface area contributed by atoms with Crippen LogP contribution in [0, 0.1) is 5.92 Å². The van der Waals surface area contributed by atoms with Crippen LogP contribution < -0.4 is 0 Å². The second kappa shape index (κ2) is 8.34. The van der Waals surface area contributed by atoms with E-state index in [4.69, 9.17) is 0 Å². The Labute approximate surface area is 114 Å². The summed E-state index contributed by atoms with van der Waals surface area (Å²) in [5.41, 5.74) is 4.44. The number of rotatable bonds is 9. The first-order valence-electron chi connectivity index (χ1n) is 7.60. The van der Waals surface area contributed by atoms with E-state index in [0.29, 0.717) is 0 Å². The van der Waals surface area contributed by atoms with E-state index < -0.39 is 0 Å². The molecule has 1 rings (SSSR count). The first kappa shape index (κ1) is 15.3. The minimum absolute atomic E-state index is 0.934. The Kier molecular flexibility index (Phi) is 7.08. The lowest BCUT2D eigenvalue weighted by Crippen LogP contribution is -1.92. The van der Waals surface area contributed by atoms with Crippen LogP contribution >= 0.6 is 0 Å². The van der Waals surface area contributed by atoms with Crippen molar-refractivity contribution in [2.45, 2.75) is 71.6 Å². The van der Waals surface area contributed by atoms with Crippen molar-refractivity contribution >= 4 is 0 Å². The van der Waals surface area contributed by atoms with Crippen LogP contribution in [-0.4, -0.2) is 0 Å². The lowest BCUT2D eigenvalue weighted by Gasteiger charge is -2.08. The van der Waals surface area contributed by atoms with Gasteiger partial charge in [0.05, 0.1) is 0 Å². The number of unbranched alkanes of at least 4 members (excludes halogenated alkanes) is 1. The Morgan fingerprint density at radius 2 is 1.94 bits per heavy atom. The Hall–Kier alpha value is -0.780. The molecule has 1 atom stereocenters. The lowest BCUT2D eigenvalue weighted by atomic mass is 9.97. The highest BCUT2D eigenvalue weighted by Crippen LogP contribution is 2.31. The first-order chi connectivity index (χ1) is 8.61. The van der Waals surface area contributed by atoms with Gasteiger partial charge in [0.2, 0.25) is 0 Å². The Bertz CT molecular complexity index is 306. The molecule has 1 aliphatic carbocycles. The maximum absolute atomic E-state index is 4.22. The summed E-state index contributed by atoms with van der Waals surface area (Å²) in [4.78, 5) is 0. The lowest BCUT2D eigenvalue weighted by molar-refractivity contribution is 0.537. The van der Waals surface area contributed by atoms with Gasteiger partial charge in [-0.05, 0) is 64.2 Å². The normalized spacial score (nSPS) is 18.8. The Balaban J connectivity index is 2.05. The standard InChI is InChI=1S/C18H30/c1-5-17-12-13-18(14-17)11-10-16(4)9-7-6-8-15(2)3/h13,17H,2,4-12,14H2,1,3H3. The van der Waals surface area contributed by atoms with Gasteiger partial charge in [0, 0.05) is 0 Å². The monoisotopic (exact) mass is 246 g/mol. The van der Waals surface area contributed by atoms with Gasteiger partial charge in [-0.15, -0.1) is 6.58 Å². The minimum Gasteiger partial charge on any atom is -0.100 e. The van der Waals surface area contributed by atoms with Crippen molar-refractivity contribution < 1.29 is 0 Å². The molecule has 0 amide bonds. The van der Waals surface area contributed by atoms with Gasteiger partial charge >= 0.3 is 0 Å². The molecular formula is C18H30. The summed E-state index contributed by atoms with van der Waals surface area (Å²) >= 11 is 0. The molecule has 1 aliphatic rings. The van der Waals surface area contributed by atoms with Crippen LogP contribution in [0.15, 0.2) is 36.0 Å². The zero-order valence-corrected chi connectivity index (χ0v) is 12.4. The molecule has 0 aromatic heterocycles. The minimum atomic E-state index is 0.934. The van der Waals surface area contributed by atoms with E-state index in [9.17, 15) is 0 Å². The van der Waals surface area contributed by atoms with E-state index in [1.54, 1.807) is 5.57 Å². The SMILES string of the molecule is C=C(C)CCCCC(=C)CCC1=CCC(CC)C1. The predicted octanol–water partition coefficient (Wildman–Crippen LogP) is 6.21. The summed E-state index contributed by atoms with van der Waals surface area (Å²) < 4.78 is 0. The van der Waals surface area contributed by atoms with Gasteiger partial charge in [0.15, 0.2) is 0 Å². The van der Waals surface area contributed by atoms with E-state index in [0.717, 1.165) is 5.92 Å². The van der Waals surface area contributed by atoms with Crippen molar-refractivity contribution in [2.75, 3.05) is 0 Å². The van der Waals surface area contributed by atoms with Crippen LogP contribution in [0.5, 0.6) is 0 Å². The number of hydrogen-bond acceptors (Lipinski definition) is 0. The third-order valence-corrected chi connectivity index (χ3v) is 4.05. The Morgan fingerprint density at radius 3 is 2.56 bits per heavy atom. The van der Waals surface area contributed by atoms with Gasteiger partial charge in [0.25, 0.3) is 0 Å². The quantitative estimate of drug-likeness (QED) is 0.335. The number of allylic oxidation sites excluding steroid dienone is 4. The molecule has 0 aliphatic heterocycles. The van der Waals surface area contributed by atoms with Crippen LogP contribution in [0.2, 0.25) is 0 Å². The molecule has 0 aromatic rings. The van der Waals surface area contributed by atoms with Gasteiger partial charge in [-0.25, -0.2) is 0 Å². The van der Waals surface area contributed by atoms with Crippen LogP contribution in [-0.2, 0) is 0 Å². The molecule has 0 bridgehead atoms. The predicted molar refractivity (Wildman–Crippen MR) is 82.8 cm³/mol. The average molecular weight is 246 g/mol. The fraction of sp³-hybridized carbons (Fsp3) is 0.667. The van der Waals surface area contributed by atoms with E-state index in [-0.39, 0.29) is 0 Å². The molecular weight excluding hydrogens is 216 g/mol. The van der Waals surface area contributed by atoms with Crippen LogP contribution in [0.3, 0.4) is 0 Å². The molecule has 102 valence electrons. The molecule has 0 saturated heterocycles. The third-order valence-electron chi connectivity index (χ3n) is 4.05. The van der Waals surface area contributed by atoms with Gasteiger partial charge in [-0.1, -0.05) is 42.7 Å². The maximum atomic E-state index is 4.22. The summed E-state index contributed by atoms with van der Waals surface area (Å²) in [5.74, 6) is 0.934. The molecule has 0 aromatic carbocycles. The van der Waals surface area contributed by atoms with Gasteiger partial charge in [-0.2, -0.15) is 0 Å². The molecule has 18 heavy (non-hydrogen) atoms. The largest absolute Gasteiger partial charge is 0.100 e. The second-order valence-corrected chi connectivity index (χ2v) is 5.99. The third kappa shape index (κ3) is 6.23.